The summed E-state index contributed by atoms with van der Waals surface area (Å²) in [5.74, 6) is 0. The fraction of sp³-hybridized carbons (Fsp3) is 1.00. The lowest BCUT2D eigenvalue weighted by atomic mass is 11.9. The quantitative estimate of drug-likeness (QED) is 0.565. The molecule has 20 heavy (non-hydrogen) atoms. The zero-order valence-electron chi connectivity index (χ0n) is 12.7. The third-order valence-corrected chi connectivity index (χ3v) is 18.8. The van der Waals surface area contributed by atoms with Crippen LogP contribution in [0.3, 0.4) is 0 Å². The molecule has 1 aliphatic heterocycles. The number of hydrogen-bond acceptors (Lipinski definition) is 8. The normalized spacial score (nSPS) is 33.0. The summed E-state index contributed by atoms with van der Waals surface area (Å²) in [5.41, 5.74) is 0. The van der Waals surface area contributed by atoms with E-state index >= 15 is 0 Å². The third kappa shape index (κ3) is 7.31. The van der Waals surface area contributed by atoms with Crippen molar-refractivity contribution in [1.29, 1.82) is 0 Å². The van der Waals surface area contributed by atoms with Crippen molar-refractivity contribution in [3.8, 4) is 0 Å². The fourth-order valence-corrected chi connectivity index (χ4v) is 19.2. The van der Waals surface area contributed by atoms with Crippen LogP contribution in [-0.2, 0) is 24.7 Å². The van der Waals surface area contributed by atoms with Crippen molar-refractivity contribution < 1.29 is 34.3 Å². The van der Waals surface area contributed by atoms with E-state index in [9.17, 15) is 9.59 Å². The smallest absolute Gasteiger partial charge is 0.416 e. The van der Waals surface area contributed by atoms with E-state index in [-0.39, 0.29) is 0 Å². The van der Waals surface area contributed by atoms with Crippen molar-refractivity contribution in [3.63, 3.8) is 0 Å². The topological polar surface area (TPSA) is 95.8 Å². The van der Waals surface area contributed by atoms with Crippen LogP contribution in [0.5, 0.6) is 0 Å². The summed E-state index contributed by atoms with van der Waals surface area (Å²) < 4.78 is 34.3. The van der Waals surface area contributed by atoms with Gasteiger partial charge in [-0.2, -0.15) is 0 Å². The molecular formula is C6H24O8Si6. The van der Waals surface area contributed by atoms with Gasteiger partial charge in [0.2, 0.25) is 0 Å². The van der Waals surface area contributed by atoms with Crippen molar-refractivity contribution in [2.45, 2.75) is 39.3 Å². The highest BCUT2D eigenvalue weighted by atomic mass is 28.5. The zero-order valence-corrected chi connectivity index (χ0v) is 19.3. The minimum absolute atomic E-state index is 1.62. The van der Waals surface area contributed by atoms with Crippen LogP contribution >= 0.6 is 0 Å². The summed E-state index contributed by atoms with van der Waals surface area (Å²) in [6.07, 6.45) is 0. The lowest BCUT2D eigenvalue weighted by Gasteiger charge is -2.40. The molecule has 0 aromatic carbocycles. The molecule has 1 rings (SSSR count). The van der Waals surface area contributed by atoms with Crippen LogP contribution in [0, 0.1) is 0 Å². The van der Waals surface area contributed by atoms with E-state index < -0.39 is 54.7 Å². The summed E-state index contributed by atoms with van der Waals surface area (Å²) >= 11 is 0. The highest BCUT2D eigenvalue weighted by Crippen LogP contribution is 2.23. The van der Waals surface area contributed by atoms with Gasteiger partial charge in [-0.15, -0.1) is 0 Å². The third-order valence-electron chi connectivity index (χ3n) is 2.09. The standard InChI is InChI=1S/C6H24O8Si6/c1-15(7)9-17-11-18(10-16(2)8)13-20(5,6)14-19(3,4)12-17/h7-8,15-18H,1-6H3. The highest BCUT2D eigenvalue weighted by molar-refractivity contribution is 6.85. The minimum Gasteiger partial charge on any atom is -0.416 e. The number of hydrogen-bond donors (Lipinski definition) is 2. The van der Waals surface area contributed by atoms with Gasteiger partial charge >= 0.3 is 54.7 Å². The largest absolute Gasteiger partial charge is 0.458 e. The predicted molar refractivity (Wildman–Crippen MR) is 86.2 cm³/mol. The van der Waals surface area contributed by atoms with Crippen molar-refractivity contribution in [2.75, 3.05) is 0 Å². The molecule has 1 fully saturated rings. The van der Waals surface area contributed by atoms with Crippen LogP contribution in [0.15, 0.2) is 0 Å². The summed E-state index contributed by atoms with van der Waals surface area (Å²) in [6.45, 7) is 10.8. The summed E-state index contributed by atoms with van der Waals surface area (Å²) in [7, 11) is -14.6. The van der Waals surface area contributed by atoms with Crippen LogP contribution in [0.2, 0.25) is 39.3 Å². The van der Waals surface area contributed by atoms with Crippen LogP contribution < -0.4 is 0 Å². The molecule has 0 aliphatic carbocycles. The van der Waals surface area contributed by atoms with Gasteiger partial charge in [0.1, 0.15) is 0 Å². The van der Waals surface area contributed by atoms with Gasteiger partial charge in [0.15, 0.2) is 0 Å². The Morgan fingerprint density at radius 1 is 0.850 bits per heavy atom. The van der Waals surface area contributed by atoms with Crippen molar-refractivity contribution in [2.24, 2.45) is 0 Å². The Morgan fingerprint density at radius 3 is 1.50 bits per heavy atom. The first-order valence-corrected chi connectivity index (χ1v) is 19.1. The van der Waals surface area contributed by atoms with Crippen LogP contribution in [0.4, 0.5) is 0 Å². The summed E-state index contributed by atoms with van der Waals surface area (Å²) in [5, 5.41) is 0. The Balaban J connectivity index is 2.84. The summed E-state index contributed by atoms with van der Waals surface area (Å²) in [6, 6.07) is 0. The molecule has 4 atom stereocenters. The van der Waals surface area contributed by atoms with Crippen LogP contribution in [0.1, 0.15) is 0 Å². The maximum absolute atomic E-state index is 9.48. The lowest BCUT2D eigenvalue weighted by molar-refractivity contribution is 0.170. The molecule has 0 bridgehead atoms. The van der Waals surface area contributed by atoms with Gasteiger partial charge in [-0.25, -0.2) is 0 Å². The molecule has 1 heterocycles. The molecule has 0 aromatic rings. The average molecular weight is 393 g/mol. The molecule has 120 valence electrons. The van der Waals surface area contributed by atoms with Gasteiger partial charge in [-0.3, -0.25) is 0 Å². The zero-order chi connectivity index (χ0) is 15.6. The van der Waals surface area contributed by atoms with Gasteiger partial charge in [-0.1, -0.05) is 0 Å². The van der Waals surface area contributed by atoms with Gasteiger partial charge < -0.3 is 34.3 Å². The van der Waals surface area contributed by atoms with E-state index in [0.717, 1.165) is 0 Å². The fourth-order valence-electron chi connectivity index (χ4n) is 1.69. The molecule has 1 aliphatic rings. The Morgan fingerprint density at radius 2 is 1.20 bits per heavy atom. The maximum Gasteiger partial charge on any atom is 0.458 e. The molecular weight excluding hydrogens is 369 g/mol. The molecule has 1 saturated heterocycles. The highest BCUT2D eigenvalue weighted by Gasteiger charge is 2.46. The molecule has 0 saturated carbocycles. The second-order valence-electron chi connectivity index (χ2n) is 5.32. The predicted octanol–water partition coefficient (Wildman–Crippen LogP) is -1.38. The summed E-state index contributed by atoms with van der Waals surface area (Å²) in [4.78, 5) is 19.0. The van der Waals surface area contributed by atoms with Gasteiger partial charge in [0, 0.05) is 0 Å². The SMILES string of the molecule is C[SiH](O)O[SiH]1O[SiH](O[SiH](C)O)O[Si](C)(C)O[Si](C)(C)O1. The molecule has 2 N–H and O–H groups in total. The van der Waals surface area contributed by atoms with E-state index in [0.29, 0.717) is 0 Å². The van der Waals surface area contributed by atoms with Crippen molar-refractivity contribution >= 4 is 54.7 Å². The monoisotopic (exact) mass is 392 g/mol. The average Bonchev–Trinajstić information content (AvgIpc) is 2.08. The first-order chi connectivity index (χ1) is 8.99. The van der Waals surface area contributed by atoms with Gasteiger partial charge in [-0.05, 0) is 39.3 Å². The van der Waals surface area contributed by atoms with Crippen LogP contribution in [-0.4, -0.2) is 64.3 Å². The Labute approximate surface area is 128 Å². The lowest BCUT2D eigenvalue weighted by Crippen LogP contribution is -2.60. The van der Waals surface area contributed by atoms with Crippen molar-refractivity contribution in [1.82, 2.24) is 0 Å². The van der Waals surface area contributed by atoms with E-state index in [1.54, 1.807) is 13.1 Å². The van der Waals surface area contributed by atoms with E-state index in [2.05, 4.69) is 0 Å². The van der Waals surface area contributed by atoms with E-state index in [4.69, 9.17) is 24.7 Å². The first-order valence-electron chi connectivity index (χ1n) is 6.37. The van der Waals surface area contributed by atoms with Crippen LogP contribution in [0.25, 0.3) is 0 Å². The molecule has 0 amide bonds. The molecule has 8 nitrogen and oxygen atoms in total. The Kier molecular flexibility index (Phi) is 7.14. The molecule has 0 radical (unpaired) electrons. The molecule has 0 spiro atoms. The molecule has 0 aromatic heterocycles. The maximum atomic E-state index is 9.48. The Bertz CT molecular complexity index is 286. The van der Waals surface area contributed by atoms with Gasteiger partial charge in [0.05, 0.1) is 0 Å². The van der Waals surface area contributed by atoms with E-state index in [1.165, 1.54) is 0 Å². The first kappa shape index (κ1) is 19.0. The Hall–Kier alpha value is 0.981. The molecule has 4 unspecified atom stereocenters. The molecule has 14 heteroatoms. The second kappa shape index (κ2) is 7.50. The minimum atomic E-state index is -2.56. The number of rotatable bonds is 4. The van der Waals surface area contributed by atoms with E-state index in [1.807, 2.05) is 26.2 Å². The second-order valence-corrected chi connectivity index (χ2v) is 20.4. The van der Waals surface area contributed by atoms with Gasteiger partial charge in [0.25, 0.3) is 0 Å². The van der Waals surface area contributed by atoms with Crippen molar-refractivity contribution in [3.05, 3.63) is 0 Å².